The van der Waals surface area contributed by atoms with Gasteiger partial charge in [-0.15, -0.1) is 4.74 Å². The van der Waals surface area contributed by atoms with Gasteiger partial charge in [-0.1, -0.05) is 18.2 Å². The fourth-order valence-electron chi connectivity index (χ4n) is 2.50. The Morgan fingerprint density at radius 1 is 1.09 bits per heavy atom. The van der Waals surface area contributed by atoms with Crippen LogP contribution in [0.3, 0.4) is 0 Å². The summed E-state index contributed by atoms with van der Waals surface area (Å²) in [5.41, 5.74) is 1.72. The van der Waals surface area contributed by atoms with Crippen LogP contribution >= 0.6 is 0 Å². The molecule has 0 N–H and O–H groups in total. The largest absolute Gasteiger partial charge is 0.497 e. The van der Waals surface area contributed by atoms with Gasteiger partial charge in [0.2, 0.25) is 0 Å². The first-order chi connectivity index (χ1) is 10.8. The molecule has 0 amide bonds. The monoisotopic (exact) mass is 292 g/mol. The fourth-order valence-corrected chi connectivity index (χ4v) is 2.50. The summed E-state index contributed by atoms with van der Waals surface area (Å²) in [6.45, 7) is 0. The zero-order valence-corrected chi connectivity index (χ0v) is 11.8. The molecule has 22 heavy (non-hydrogen) atoms. The maximum atomic E-state index is 12.5. The number of para-hydroxylation sites is 1. The van der Waals surface area contributed by atoms with Crippen LogP contribution in [-0.2, 0) is 0 Å². The molecule has 0 spiro atoms. The molecule has 2 aromatic heterocycles. The number of benzene rings is 2. The molecule has 2 heterocycles. The summed E-state index contributed by atoms with van der Waals surface area (Å²) in [7, 11) is 1.60. The third-order valence-electron chi connectivity index (χ3n) is 3.61. The molecule has 0 aliphatic heterocycles. The Hall–Kier alpha value is -3.08. The van der Waals surface area contributed by atoms with Gasteiger partial charge in [0.15, 0.2) is 5.58 Å². The van der Waals surface area contributed by atoms with Gasteiger partial charge in [-0.3, -0.25) is 9.78 Å². The Morgan fingerprint density at radius 2 is 1.91 bits per heavy atom. The minimum Gasteiger partial charge on any atom is -0.497 e. The molecule has 0 fully saturated rings. The van der Waals surface area contributed by atoms with Crippen LogP contribution in [0.4, 0.5) is 0 Å². The highest BCUT2D eigenvalue weighted by Gasteiger charge is 2.14. The number of nitrogens with zero attached hydrogens (tertiary/aromatic N) is 2. The van der Waals surface area contributed by atoms with Crippen LogP contribution in [-0.4, -0.2) is 16.8 Å². The number of hydrogen-bond acceptors (Lipinski definition) is 4. The van der Waals surface area contributed by atoms with E-state index in [9.17, 15) is 4.79 Å². The van der Waals surface area contributed by atoms with Crippen LogP contribution in [0, 0.1) is 0 Å². The molecule has 4 rings (SSSR count). The summed E-state index contributed by atoms with van der Waals surface area (Å²) < 4.78 is 12.3. The van der Waals surface area contributed by atoms with Crippen LogP contribution in [0.25, 0.3) is 27.6 Å². The summed E-state index contributed by atoms with van der Waals surface area (Å²) in [5, 5.41) is 1.20. The van der Waals surface area contributed by atoms with Gasteiger partial charge in [0.05, 0.1) is 23.7 Å². The number of fused-ring (bicyclic) bond motifs is 3. The lowest BCUT2D eigenvalue weighted by atomic mass is 10.2. The van der Waals surface area contributed by atoms with Crippen LogP contribution in [0.2, 0.25) is 0 Å². The molecule has 0 atom stereocenters. The number of ether oxygens (including phenoxy) is 1. The molecule has 0 bridgehead atoms. The van der Waals surface area contributed by atoms with Gasteiger partial charge in [-0.2, -0.15) is 0 Å². The first kappa shape index (κ1) is 12.6. The molecule has 0 saturated carbocycles. The van der Waals surface area contributed by atoms with Crippen molar-refractivity contribution in [1.82, 2.24) is 9.72 Å². The van der Waals surface area contributed by atoms with Crippen LogP contribution < -0.4 is 10.3 Å². The lowest BCUT2D eigenvalue weighted by Gasteiger charge is -2.01. The molecule has 5 heteroatoms. The quantitative estimate of drug-likeness (QED) is 0.569. The lowest BCUT2D eigenvalue weighted by molar-refractivity contribution is 0.370. The van der Waals surface area contributed by atoms with Gasteiger partial charge in [-0.05, 0) is 30.3 Å². The normalized spacial score (nSPS) is 11.1. The molecular weight excluding hydrogens is 280 g/mol. The van der Waals surface area contributed by atoms with Crippen molar-refractivity contribution in [2.45, 2.75) is 0 Å². The number of pyridine rings is 1. The van der Waals surface area contributed by atoms with Gasteiger partial charge in [0.25, 0.3) is 5.56 Å². The van der Waals surface area contributed by atoms with Crippen molar-refractivity contribution in [2.75, 3.05) is 7.11 Å². The number of aromatic nitrogens is 2. The SMILES string of the molecule is COc1ccc2ncc3c(=O)n(-c4ccccc4)oc3c2c1. The predicted molar refractivity (Wildman–Crippen MR) is 83.7 cm³/mol. The molecule has 0 radical (unpaired) electrons. The minimum atomic E-state index is -0.224. The van der Waals surface area contributed by atoms with E-state index in [2.05, 4.69) is 4.98 Å². The minimum absolute atomic E-state index is 0.224. The van der Waals surface area contributed by atoms with E-state index in [1.54, 1.807) is 13.3 Å². The molecule has 0 unspecified atom stereocenters. The van der Waals surface area contributed by atoms with E-state index < -0.39 is 0 Å². The maximum absolute atomic E-state index is 12.5. The van der Waals surface area contributed by atoms with E-state index in [0.717, 1.165) is 10.9 Å². The number of rotatable bonds is 2. The van der Waals surface area contributed by atoms with Crippen LogP contribution in [0.15, 0.2) is 64.0 Å². The van der Waals surface area contributed by atoms with Crippen molar-refractivity contribution < 1.29 is 9.26 Å². The van der Waals surface area contributed by atoms with Crippen molar-refractivity contribution in [1.29, 1.82) is 0 Å². The molecular formula is C17H12N2O3. The first-order valence-corrected chi connectivity index (χ1v) is 6.82. The average molecular weight is 292 g/mol. The average Bonchev–Trinajstić information content (AvgIpc) is 2.92. The highest BCUT2D eigenvalue weighted by atomic mass is 16.5. The van der Waals surface area contributed by atoms with Gasteiger partial charge >= 0.3 is 0 Å². The second-order valence-electron chi connectivity index (χ2n) is 4.91. The summed E-state index contributed by atoms with van der Waals surface area (Å²) in [4.78, 5) is 16.8. The summed E-state index contributed by atoms with van der Waals surface area (Å²) in [6, 6.07) is 14.7. The zero-order valence-electron chi connectivity index (χ0n) is 11.8. The van der Waals surface area contributed by atoms with Gasteiger partial charge in [0, 0.05) is 6.20 Å². The van der Waals surface area contributed by atoms with E-state index >= 15 is 0 Å². The Balaban J connectivity index is 2.09. The van der Waals surface area contributed by atoms with Gasteiger partial charge < -0.3 is 9.26 Å². The van der Waals surface area contributed by atoms with Gasteiger partial charge in [0.1, 0.15) is 11.1 Å². The summed E-state index contributed by atoms with van der Waals surface area (Å²) >= 11 is 0. The highest BCUT2D eigenvalue weighted by Crippen LogP contribution is 2.26. The molecule has 2 aromatic carbocycles. The molecule has 108 valence electrons. The summed E-state index contributed by atoms with van der Waals surface area (Å²) in [5.74, 6) is 0.692. The van der Waals surface area contributed by atoms with Crippen molar-refractivity contribution in [3.63, 3.8) is 0 Å². The maximum Gasteiger partial charge on any atom is 0.296 e. The molecule has 0 aliphatic carbocycles. The van der Waals surface area contributed by atoms with Crippen molar-refractivity contribution >= 4 is 21.9 Å². The van der Waals surface area contributed by atoms with Crippen molar-refractivity contribution in [2.24, 2.45) is 0 Å². The van der Waals surface area contributed by atoms with Crippen molar-refractivity contribution in [3.8, 4) is 11.4 Å². The van der Waals surface area contributed by atoms with Gasteiger partial charge in [-0.25, -0.2) is 0 Å². The van der Waals surface area contributed by atoms with Crippen LogP contribution in [0.1, 0.15) is 0 Å². The van der Waals surface area contributed by atoms with E-state index in [-0.39, 0.29) is 5.56 Å². The third-order valence-corrected chi connectivity index (χ3v) is 3.61. The second-order valence-corrected chi connectivity index (χ2v) is 4.91. The lowest BCUT2D eigenvalue weighted by Crippen LogP contribution is -2.11. The Kier molecular flexibility index (Phi) is 2.72. The Labute approximate surface area is 125 Å². The second kappa shape index (κ2) is 4.73. The molecule has 4 aromatic rings. The molecule has 5 nitrogen and oxygen atoms in total. The summed E-state index contributed by atoms with van der Waals surface area (Å²) in [6.07, 6.45) is 1.55. The Bertz CT molecular complexity index is 1030. The van der Waals surface area contributed by atoms with E-state index in [1.807, 2.05) is 48.5 Å². The highest BCUT2D eigenvalue weighted by molar-refractivity contribution is 6.02. The molecule has 0 saturated heterocycles. The van der Waals surface area contributed by atoms with E-state index in [0.29, 0.717) is 22.4 Å². The third kappa shape index (κ3) is 1.79. The zero-order chi connectivity index (χ0) is 15.1. The Morgan fingerprint density at radius 3 is 2.68 bits per heavy atom. The topological polar surface area (TPSA) is 57.3 Å². The fraction of sp³-hybridized carbons (Fsp3) is 0.0588. The first-order valence-electron chi connectivity index (χ1n) is 6.82. The van der Waals surface area contributed by atoms with Crippen LogP contribution in [0.5, 0.6) is 5.75 Å². The van der Waals surface area contributed by atoms with E-state index in [1.165, 1.54) is 4.74 Å². The standard InChI is InChI=1S/C17H12N2O3/c1-21-12-7-8-15-13(9-12)16-14(10-18-15)17(20)19(22-16)11-5-3-2-4-6-11/h2-10H,1H3. The van der Waals surface area contributed by atoms with Crippen molar-refractivity contribution in [3.05, 3.63) is 65.1 Å². The molecule has 0 aliphatic rings. The predicted octanol–water partition coefficient (Wildman–Crippen LogP) is 3.14. The smallest absolute Gasteiger partial charge is 0.296 e. The number of methoxy groups -OCH3 is 1. The number of hydrogen-bond donors (Lipinski definition) is 0. The van der Waals surface area contributed by atoms with E-state index in [4.69, 9.17) is 9.26 Å².